The van der Waals surface area contributed by atoms with E-state index in [0.29, 0.717) is 42.7 Å². The maximum Gasteiger partial charge on any atom is 0.416 e. The lowest BCUT2D eigenvalue weighted by Crippen LogP contribution is -2.34. The topological polar surface area (TPSA) is 116 Å². The molecular formula is C22H28F3N3O6S2. The number of benzene rings is 1. The largest absolute Gasteiger partial charge is 0.465 e. The molecule has 1 aliphatic carbocycles. The van der Waals surface area contributed by atoms with Crippen molar-refractivity contribution in [2.45, 2.75) is 68.1 Å². The molecule has 2 aromatic rings. The lowest BCUT2D eigenvalue weighted by Gasteiger charge is -2.31. The number of hydrogen-bond donors (Lipinski definition) is 0. The van der Waals surface area contributed by atoms with E-state index in [0.717, 1.165) is 10.4 Å². The molecule has 0 fully saturated rings. The second kappa shape index (κ2) is 10.5. The van der Waals surface area contributed by atoms with Crippen molar-refractivity contribution in [1.29, 1.82) is 0 Å². The van der Waals surface area contributed by atoms with Crippen molar-refractivity contribution in [1.82, 2.24) is 14.1 Å². The van der Waals surface area contributed by atoms with Crippen LogP contribution in [0.5, 0.6) is 0 Å². The predicted molar refractivity (Wildman–Crippen MR) is 123 cm³/mol. The third kappa shape index (κ3) is 5.75. The average molecular weight is 552 g/mol. The Morgan fingerprint density at radius 2 is 1.83 bits per heavy atom. The Morgan fingerprint density at radius 1 is 1.17 bits per heavy atom. The van der Waals surface area contributed by atoms with Gasteiger partial charge in [0.1, 0.15) is 6.54 Å². The van der Waals surface area contributed by atoms with Gasteiger partial charge in [-0.3, -0.25) is 9.48 Å². The van der Waals surface area contributed by atoms with Crippen LogP contribution in [-0.2, 0) is 48.5 Å². The number of alkyl halides is 3. The Morgan fingerprint density at radius 3 is 2.44 bits per heavy atom. The fraction of sp³-hybridized carbons (Fsp3) is 0.545. The standard InChI is InChI=1S/C22H28F3N3O6S2/c1-4-9-35(30,31)16-10-15(22(23,24)25)11-17(12-16)36(32,33)27(3)19-7-6-8-20-18(19)13-26-28(20)14-21(29)34-5-2/h10-13,19H,4-9,14H2,1-3H3/t19-/m1/s1. The number of carbonyl (C=O) groups is 1. The minimum Gasteiger partial charge on any atom is -0.465 e. The first-order valence-electron chi connectivity index (χ1n) is 11.4. The van der Waals surface area contributed by atoms with Gasteiger partial charge >= 0.3 is 12.1 Å². The average Bonchev–Trinajstić information content (AvgIpc) is 3.20. The highest BCUT2D eigenvalue weighted by atomic mass is 32.2. The molecule has 0 radical (unpaired) electrons. The molecule has 0 amide bonds. The van der Waals surface area contributed by atoms with Gasteiger partial charge in [-0.25, -0.2) is 16.8 Å². The second-order valence-electron chi connectivity index (χ2n) is 8.45. The molecule has 0 bridgehead atoms. The van der Waals surface area contributed by atoms with Crippen LogP contribution in [0.3, 0.4) is 0 Å². The number of nitrogens with zero attached hydrogens (tertiary/aromatic N) is 3. The van der Waals surface area contributed by atoms with Crippen molar-refractivity contribution in [3.63, 3.8) is 0 Å². The zero-order valence-electron chi connectivity index (χ0n) is 20.1. The summed E-state index contributed by atoms with van der Waals surface area (Å²) in [5.41, 5.74) is -0.197. The molecule has 1 aliphatic rings. The van der Waals surface area contributed by atoms with Crippen LogP contribution in [0.1, 0.15) is 56.0 Å². The quantitative estimate of drug-likeness (QED) is 0.439. The van der Waals surface area contributed by atoms with Crippen LogP contribution in [0.2, 0.25) is 0 Å². The number of carbonyl (C=O) groups excluding carboxylic acids is 1. The molecule has 1 aromatic heterocycles. The number of sulfone groups is 1. The van der Waals surface area contributed by atoms with Gasteiger partial charge in [0.15, 0.2) is 9.84 Å². The fourth-order valence-electron chi connectivity index (χ4n) is 4.22. The number of halogens is 3. The minimum atomic E-state index is -4.95. The molecule has 0 unspecified atom stereocenters. The molecule has 14 heteroatoms. The first-order valence-corrected chi connectivity index (χ1v) is 14.4. The normalized spacial score (nSPS) is 16.7. The Kier molecular flexibility index (Phi) is 8.20. The van der Waals surface area contributed by atoms with Crippen LogP contribution in [0.4, 0.5) is 13.2 Å². The maximum atomic E-state index is 13.6. The number of fused-ring (bicyclic) bond motifs is 1. The smallest absolute Gasteiger partial charge is 0.416 e. The number of aromatic nitrogens is 2. The summed E-state index contributed by atoms with van der Waals surface area (Å²) in [6, 6.07) is 0.923. The molecule has 0 spiro atoms. The van der Waals surface area contributed by atoms with E-state index < -0.39 is 59.2 Å². The van der Waals surface area contributed by atoms with E-state index in [1.54, 1.807) is 13.8 Å². The van der Waals surface area contributed by atoms with E-state index in [-0.39, 0.29) is 19.6 Å². The summed E-state index contributed by atoms with van der Waals surface area (Å²) >= 11 is 0. The monoisotopic (exact) mass is 551 g/mol. The summed E-state index contributed by atoms with van der Waals surface area (Å²) < 4.78 is 100. The van der Waals surface area contributed by atoms with Gasteiger partial charge in [0.25, 0.3) is 0 Å². The van der Waals surface area contributed by atoms with Crippen LogP contribution in [0.25, 0.3) is 0 Å². The van der Waals surface area contributed by atoms with E-state index in [2.05, 4.69) is 5.10 Å². The lowest BCUT2D eigenvalue weighted by atomic mass is 9.93. The van der Waals surface area contributed by atoms with E-state index >= 15 is 0 Å². The Hall–Kier alpha value is -2.45. The zero-order chi connectivity index (χ0) is 26.9. The third-order valence-corrected chi connectivity index (χ3v) is 9.71. The molecule has 0 N–H and O–H groups in total. The van der Waals surface area contributed by atoms with Crippen molar-refractivity contribution >= 4 is 25.8 Å². The number of hydrogen-bond acceptors (Lipinski definition) is 7. The van der Waals surface area contributed by atoms with E-state index in [9.17, 15) is 34.8 Å². The highest BCUT2D eigenvalue weighted by Gasteiger charge is 2.38. The van der Waals surface area contributed by atoms with Gasteiger partial charge in [0.2, 0.25) is 10.0 Å². The van der Waals surface area contributed by atoms with E-state index in [4.69, 9.17) is 4.74 Å². The highest BCUT2D eigenvalue weighted by molar-refractivity contribution is 7.91. The number of sulfonamides is 1. The summed E-state index contributed by atoms with van der Waals surface area (Å²) in [5, 5.41) is 4.19. The van der Waals surface area contributed by atoms with Gasteiger partial charge in [-0.05, 0) is 50.8 Å². The van der Waals surface area contributed by atoms with Gasteiger partial charge in [-0.15, -0.1) is 0 Å². The van der Waals surface area contributed by atoms with E-state index in [1.807, 2.05) is 0 Å². The summed E-state index contributed by atoms with van der Waals surface area (Å²) in [5.74, 6) is -0.925. The first-order chi connectivity index (χ1) is 16.7. The third-order valence-electron chi connectivity index (χ3n) is 5.97. The predicted octanol–water partition coefficient (Wildman–Crippen LogP) is 3.35. The maximum absolute atomic E-state index is 13.6. The SMILES string of the molecule is CCCS(=O)(=O)c1cc(C(F)(F)F)cc(S(=O)(=O)N(C)[C@@H]2CCCc3c2cnn3CC(=O)OCC)c1. The van der Waals surface area contributed by atoms with E-state index in [1.165, 1.54) is 17.9 Å². The highest BCUT2D eigenvalue weighted by Crippen LogP contribution is 2.38. The molecule has 9 nitrogen and oxygen atoms in total. The Labute approximate surface area is 208 Å². The van der Waals surface area contributed by atoms with Crippen molar-refractivity contribution in [3.8, 4) is 0 Å². The molecule has 1 aromatic carbocycles. The van der Waals surface area contributed by atoms with Gasteiger partial charge in [-0.2, -0.15) is 22.6 Å². The van der Waals surface area contributed by atoms with Gasteiger partial charge in [0, 0.05) is 18.3 Å². The van der Waals surface area contributed by atoms with Crippen LogP contribution in [-0.4, -0.2) is 56.3 Å². The van der Waals surface area contributed by atoms with Gasteiger partial charge in [-0.1, -0.05) is 6.92 Å². The molecule has 0 saturated carbocycles. The number of esters is 1. The summed E-state index contributed by atoms with van der Waals surface area (Å²) in [7, 11) is -7.44. The van der Waals surface area contributed by atoms with Crippen molar-refractivity contribution in [2.75, 3.05) is 19.4 Å². The lowest BCUT2D eigenvalue weighted by molar-refractivity contribution is -0.144. The Balaban J connectivity index is 2.04. The van der Waals surface area contributed by atoms with Gasteiger partial charge < -0.3 is 4.74 Å². The number of ether oxygens (including phenoxy) is 1. The summed E-state index contributed by atoms with van der Waals surface area (Å²) in [6.45, 7) is 3.26. The first kappa shape index (κ1) is 28.1. The van der Waals surface area contributed by atoms with Crippen LogP contribution in [0, 0.1) is 0 Å². The molecule has 0 aliphatic heterocycles. The molecule has 1 heterocycles. The Bertz CT molecular complexity index is 1340. The van der Waals surface area contributed by atoms with Gasteiger partial charge in [0.05, 0.1) is 40.0 Å². The number of rotatable bonds is 9. The van der Waals surface area contributed by atoms with Crippen LogP contribution < -0.4 is 0 Å². The molecule has 0 saturated heterocycles. The fourth-order valence-corrected chi connectivity index (χ4v) is 7.12. The molecule has 3 rings (SSSR count). The minimum absolute atomic E-state index is 0.154. The zero-order valence-corrected chi connectivity index (χ0v) is 21.7. The van der Waals surface area contributed by atoms with Crippen molar-refractivity contribution in [2.24, 2.45) is 0 Å². The van der Waals surface area contributed by atoms with Crippen LogP contribution in [0.15, 0.2) is 34.2 Å². The summed E-state index contributed by atoms with van der Waals surface area (Å²) in [4.78, 5) is 10.4. The van der Waals surface area contributed by atoms with Crippen LogP contribution >= 0.6 is 0 Å². The second-order valence-corrected chi connectivity index (χ2v) is 12.6. The summed E-state index contributed by atoms with van der Waals surface area (Å²) in [6.07, 6.45) is -1.91. The molecular weight excluding hydrogens is 523 g/mol. The molecule has 200 valence electrons. The molecule has 1 atom stereocenters. The van der Waals surface area contributed by atoms with Crippen molar-refractivity contribution < 1.29 is 39.5 Å². The molecule has 36 heavy (non-hydrogen) atoms. The van der Waals surface area contributed by atoms with Crippen molar-refractivity contribution in [3.05, 3.63) is 41.2 Å².